The number of hydrogen-bond acceptors (Lipinski definition) is 5. The fourth-order valence-corrected chi connectivity index (χ4v) is 2.93. The minimum atomic E-state index is 0.725. The van der Waals surface area contributed by atoms with E-state index in [4.69, 9.17) is 5.73 Å². The number of rotatable bonds is 4. The maximum absolute atomic E-state index is 6.18. The van der Waals surface area contributed by atoms with Crippen molar-refractivity contribution in [2.24, 2.45) is 7.05 Å². The van der Waals surface area contributed by atoms with Gasteiger partial charge in [0.25, 0.3) is 0 Å². The lowest BCUT2D eigenvalue weighted by molar-refractivity contribution is 0.680. The highest BCUT2D eigenvalue weighted by Gasteiger charge is 2.16. The molecule has 2 rings (SSSR count). The average molecular weight is 291 g/mol. The van der Waals surface area contributed by atoms with Gasteiger partial charge in [0, 0.05) is 18.4 Å². The summed E-state index contributed by atoms with van der Waals surface area (Å²) in [6.45, 7) is 8.17. The third kappa shape index (κ3) is 2.80. The summed E-state index contributed by atoms with van der Waals surface area (Å²) in [4.78, 5) is 9.04. The molecular weight excluding hydrogens is 270 g/mol. The summed E-state index contributed by atoms with van der Waals surface area (Å²) in [7, 11) is 1.91. The third-order valence-corrected chi connectivity index (χ3v) is 4.44. The molecule has 0 aliphatic carbocycles. The molecule has 108 valence electrons. The molecule has 6 heteroatoms. The highest BCUT2D eigenvalue weighted by Crippen LogP contribution is 2.32. The first-order valence-electron chi connectivity index (χ1n) is 6.75. The van der Waals surface area contributed by atoms with Gasteiger partial charge in [-0.3, -0.25) is 4.68 Å². The van der Waals surface area contributed by atoms with Crippen LogP contribution < -0.4 is 5.73 Å². The van der Waals surface area contributed by atoms with Crippen LogP contribution in [0.15, 0.2) is 10.2 Å². The van der Waals surface area contributed by atoms with Crippen molar-refractivity contribution in [3.8, 4) is 0 Å². The van der Waals surface area contributed by atoms with E-state index in [1.807, 2.05) is 32.5 Å². The van der Waals surface area contributed by atoms with E-state index in [-0.39, 0.29) is 0 Å². The Bertz CT molecular complexity index is 610. The minimum Gasteiger partial charge on any atom is -0.395 e. The molecule has 0 aliphatic rings. The standard InChI is InChI=1S/C14H21N5S/c1-6-7-11-12(15)13(19(5)18-11)20-14-16-9(3)8(2)10(4)17-14/h6-7,15H2,1-5H3. The van der Waals surface area contributed by atoms with E-state index in [9.17, 15) is 0 Å². The number of nitrogens with two attached hydrogens (primary N) is 1. The summed E-state index contributed by atoms with van der Waals surface area (Å²) in [5.74, 6) is 0. The van der Waals surface area contributed by atoms with Gasteiger partial charge in [0.15, 0.2) is 5.16 Å². The van der Waals surface area contributed by atoms with E-state index in [0.717, 1.165) is 51.4 Å². The van der Waals surface area contributed by atoms with Gasteiger partial charge in [0.2, 0.25) is 0 Å². The molecule has 2 N–H and O–H groups in total. The van der Waals surface area contributed by atoms with Gasteiger partial charge in [-0.05, 0) is 44.5 Å². The van der Waals surface area contributed by atoms with Gasteiger partial charge < -0.3 is 5.73 Å². The van der Waals surface area contributed by atoms with Crippen molar-refractivity contribution < 1.29 is 0 Å². The second kappa shape index (κ2) is 5.83. The number of nitrogens with zero attached hydrogens (tertiary/aromatic N) is 4. The van der Waals surface area contributed by atoms with E-state index in [2.05, 4.69) is 22.0 Å². The fraction of sp³-hybridized carbons (Fsp3) is 0.500. The molecule has 0 bridgehead atoms. The zero-order valence-corrected chi connectivity index (χ0v) is 13.5. The van der Waals surface area contributed by atoms with Crippen molar-refractivity contribution in [2.45, 2.75) is 50.7 Å². The zero-order chi connectivity index (χ0) is 14.9. The first-order chi connectivity index (χ1) is 9.43. The van der Waals surface area contributed by atoms with Gasteiger partial charge in [-0.1, -0.05) is 13.3 Å². The summed E-state index contributed by atoms with van der Waals surface area (Å²) in [6, 6.07) is 0. The molecule has 0 aromatic carbocycles. The molecule has 0 radical (unpaired) electrons. The van der Waals surface area contributed by atoms with Gasteiger partial charge >= 0.3 is 0 Å². The molecule has 2 aromatic heterocycles. The molecule has 2 heterocycles. The minimum absolute atomic E-state index is 0.725. The first-order valence-corrected chi connectivity index (χ1v) is 7.56. The molecule has 5 nitrogen and oxygen atoms in total. The van der Waals surface area contributed by atoms with Crippen molar-refractivity contribution in [2.75, 3.05) is 5.73 Å². The van der Waals surface area contributed by atoms with Crippen LogP contribution in [0.1, 0.15) is 36.0 Å². The summed E-state index contributed by atoms with van der Waals surface area (Å²) < 4.78 is 1.82. The fourth-order valence-electron chi connectivity index (χ4n) is 1.99. The van der Waals surface area contributed by atoms with E-state index >= 15 is 0 Å². The van der Waals surface area contributed by atoms with E-state index in [0.29, 0.717) is 0 Å². The largest absolute Gasteiger partial charge is 0.395 e. The topological polar surface area (TPSA) is 69.6 Å². The van der Waals surface area contributed by atoms with Crippen LogP contribution in [-0.2, 0) is 13.5 Å². The molecule has 2 aromatic rings. The van der Waals surface area contributed by atoms with E-state index in [1.165, 1.54) is 11.8 Å². The molecule has 0 spiro atoms. The van der Waals surface area contributed by atoms with Crippen LogP contribution in [0, 0.1) is 20.8 Å². The molecule has 0 atom stereocenters. The van der Waals surface area contributed by atoms with Crippen LogP contribution in [0.3, 0.4) is 0 Å². The average Bonchev–Trinajstić information content (AvgIpc) is 2.64. The summed E-state index contributed by atoms with van der Waals surface area (Å²) in [5.41, 5.74) is 11.0. The van der Waals surface area contributed by atoms with Crippen LogP contribution in [-0.4, -0.2) is 19.7 Å². The normalized spacial score (nSPS) is 11.1. The van der Waals surface area contributed by atoms with Crippen molar-refractivity contribution in [1.82, 2.24) is 19.7 Å². The second-order valence-corrected chi connectivity index (χ2v) is 5.90. The lowest BCUT2D eigenvalue weighted by atomic mass is 10.2. The SMILES string of the molecule is CCCc1nn(C)c(Sc2nc(C)c(C)c(C)n2)c1N. The van der Waals surface area contributed by atoms with Crippen LogP contribution in [0.5, 0.6) is 0 Å². The number of aromatic nitrogens is 4. The van der Waals surface area contributed by atoms with Crippen LogP contribution in [0.2, 0.25) is 0 Å². The molecular formula is C14H21N5S. The monoisotopic (exact) mass is 291 g/mol. The Morgan fingerprint density at radius 1 is 1.15 bits per heavy atom. The number of aryl methyl sites for hydroxylation is 4. The van der Waals surface area contributed by atoms with Crippen molar-refractivity contribution in [3.05, 3.63) is 22.6 Å². The van der Waals surface area contributed by atoms with Gasteiger partial charge in [-0.25, -0.2) is 9.97 Å². The lowest BCUT2D eigenvalue weighted by Gasteiger charge is -2.07. The smallest absolute Gasteiger partial charge is 0.194 e. The van der Waals surface area contributed by atoms with E-state index < -0.39 is 0 Å². The molecule has 20 heavy (non-hydrogen) atoms. The molecule has 0 saturated heterocycles. The van der Waals surface area contributed by atoms with Crippen LogP contribution >= 0.6 is 11.8 Å². The lowest BCUT2D eigenvalue weighted by Crippen LogP contribution is -2.00. The Balaban J connectivity index is 2.35. The first kappa shape index (κ1) is 14.8. The number of nitrogen functional groups attached to an aromatic ring is 1. The summed E-state index contributed by atoms with van der Waals surface area (Å²) >= 11 is 1.48. The van der Waals surface area contributed by atoms with Gasteiger partial charge in [-0.15, -0.1) is 0 Å². The zero-order valence-electron chi connectivity index (χ0n) is 12.7. The Morgan fingerprint density at radius 3 is 2.30 bits per heavy atom. The van der Waals surface area contributed by atoms with Crippen LogP contribution in [0.25, 0.3) is 0 Å². The maximum atomic E-state index is 6.18. The van der Waals surface area contributed by atoms with Gasteiger partial charge in [-0.2, -0.15) is 5.10 Å². The Kier molecular flexibility index (Phi) is 4.32. The quantitative estimate of drug-likeness (QED) is 0.877. The molecule has 0 saturated carbocycles. The molecule has 0 unspecified atom stereocenters. The Hall–Kier alpha value is -1.56. The maximum Gasteiger partial charge on any atom is 0.194 e. The second-order valence-electron chi connectivity index (χ2n) is 4.94. The van der Waals surface area contributed by atoms with Crippen LogP contribution in [0.4, 0.5) is 5.69 Å². The highest BCUT2D eigenvalue weighted by atomic mass is 32.2. The van der Waals surface area contributed by atoms with Gasteiger partial charge in [0.1, 0.15) is 5.03 Å². The summed E-state index contributed by atoms with van der Waals surface area (Å²) in [6.07, 6.45) is 1.93. The summed E-state index contributed by atoms with van der Waals surface area (Å²) in [5, 5.41) is 6.11. The number of hydrogen-bond donors (Lipinski definition) is 1. The predicted octanol–water partition coefficient (Wildman–Crippen LogP) is 2.82. The third-order valence-electron chi connectivity index (χ3n) is 3.39. The van der Waals surface area contributed by atoms with Crippen molar-refractivity contribution in [3.63, 3.8) is 0 Å². The Morgan fingerprint density at radius 2 is 1.75 bits per heavy atom. The predicted molar refractivity (Wildman–Crippen MR) is 82.0 cm³/mol. The van der Waals surface area contributed by atoms with Crippen molar-refractivity contribution in [1.29, 1.82) is 0 Å². The molecule has 0 fully saturated rings. The highest BCUT2D eigenvalue weighted by molar-refractivity contribution is 7.99. The molecule has 0 amide bonds. The van der Waals surface area contributed by atoms with Crippen molar-refractivity contribution >= 4 is 17.4 Å². The Labute approximate surface area is 124 Å². The van der Waals surface area contributed by atoms with E-state index in [1.54, 1.807) is 0 Å². The van der Waals surface area contributed by atoms with Gasteiger partial charge in [0.05, 0.1) is 11.4 Å². The molecule has 0 aliphatic heterocycles. The number of anilines is 1.